The van der Waals surface area contributed by atoms with Crippen molar-refractivity contribution in [2.24, 2.45) is 5.92 Å². The highest BCUT2D eigenvalue weighted by atomic mass is 16.5. The zero-order valence-corrected chi connectivity index (χ0v) is 24.3. The molecule has 220 valence electrons. The fraction of sp³-hybridized carbons (Fsp3) is 0.471. The molecular formula is C34H36N6O3. The molecule has 9 nitrogen and oxygen atoms in total. The molecule has 2 aromatic carbocycles. The normalized spacial score (nSPS) is 24.0. The third-order valence-electron chi connectivity index (χ3n) is 9.72. The van der Waals surface area contributed by atoms with Gasteiger partial charge >= 0.3 is 0 Å². The van der Waals surface area contributed by atoms with Gasteiger partial charge in [-0.25, -0.2) is 9.97 Å². The topological polar surface area (TPSA) is 107 Å². The van der Waals surface area contributed by atoms with Gasteiger partial charge in [-0.2, -0.15) is 0 Å². The van der Waals surface area contributed by atoms with Gasteiger partial charge < -0.3 is 24.5 Å². The summed E-state index contributed by atoms with van der Waals surface area (Å²) >= 11 is 0. The fourth-order valence-electron chi connectivity index (χ4n) is 7.15. The van der Waals surface area contributed by atoms with Gasteiger partial charge in [0.1, 0.15) is 17.8 Å². The minimum atomic E-state index is -0.307. The number of fused-ring (bicyclic) bond motifs is 2. The molecule has 9 heteroatoms. The molecule has 4 fully saturated rings. The van der Waals surface area contributed by atoms with E-state index in [-0.39, 0.29) is 30.0 Å². The molecule has 0 spiro atoms. The Kier molecular flexibility index (Phi) is 6.67. The van der Waals surface area contributed by atoms with E-state index in [4.69, 9.17) is 14.7 Å². The Hall–Kier alpha value is -4.16. The summed E-state index contributed by atoms with van der Waals surface area (Å²) in [7, 11) is 0. The van der Waals surface area contributed by atoms with E-state index in [0.717, 1.165) is 116 Å². The Labute approximate surface area is 250 Å². The number of rotatable bonds is 4. The predicted octanol–water partition coefficient (Wildman–Crippen LogP) is 5.15. The van der Waals surface area contributed by atoms with E-state index in [0.29, 0.717) is 12.5 Å². The first kappa shape index (κ1) is 26.5. The molecule has 3 aliphatic heterocycles. The second-order valence-corrected chi connectivity index (χ2v) is 12.5. The Morgan fingerprint density at radius 3 is 2.09 bits per heavy atom. The smallest absolute Gasteiger partial charge is 0.252 e. The van der Waals surface area contributed by atoms with Gasteiger partial charge in [-0.1, -0.05) is 18.3 Å². The van der Waals surface area contributed by atoms with Gasteiger partial charge in [0.2, 0.25) is 5.91 Å². The first-order chi connectivity index (χ1) is 21.1. The first-order valence-electron chi connectivity index (χ1n) is 15.8. The SMILES string of the molecule is O=C(C1CCC1)N1CCC[C@H]1c1nc2ccc(C#Cc3ccc4[nH]c([C@@H]5CCCN5C(=O)[C@H]5CCCO5)nc4c3)cc2[nH]1. The molecular weight excluding hydrogens is 540 g/mol. The molecule has 1 aliphatic carbocycles. The van der Waals surface area contributed by atoms with E-state index < -0.39 is 0 Å². The molecule has 2 N–H and O–H groups in total. The average Bonchev–Trinajstić information content (AvgIpc) is 3.83. The summed E-state index contributed by atoms with van der Waals surface area (Å²) in [5.41, 5.74) is 5.41. The molecule has 3 saturated heterocycles. The van der Waals surface area contributed by atoms with Crippen LogP contribution in [-0.2, 0) is 14.3 Å². The lowest BCUT2D eigenvalue weighted by molar-refractivity contribution is -0.142. The van der Waals surface area contributed by atoms with Crippen molar-refractivity contribution in [2.75, 3.05) is 19.7 Å². The van der Waals surface area contributed by atoms with Gasteiger partial charge in [0.05, 0.1) is 34.2 Å². The molecule has 43 heavy (non-hydrogen) atoms. The van der Waals surface area contributed by atoms with Crippen LogP contribution in [0.5, 0.6) is 0 Å². The predicted molar refractivity (Wildman–Crippen MR) is 162 cm³/mol. The van der Waals surface area contributed by atoms with Gasteiger partial charge in [0.15, 0.2) is 0 Å². The third kappa shape index (κ3) is 4.88. The van der Waals surface area contributed by atoms with E-state index in [1.165, 1.54) is 0 Å². The van der Waals surface area contributed by atoms with Crippen LogP contribution in [0.4, 0.5) is 0 Å². The Morgan fingerprint density at radius 2 is 1.40 bits per heavy atom. The fourth-order valence-corrected chi connectivity index (χ4v) is 7.15. The van der Waals surface area contributed by atoms with Crippen LogP contribution in [0.3, 0.4) is 0 Å². The summed E-state index contributed by atoms with van der Waals surface area (Å²) in [5.74, 6) is 8.91. The van der Waals surface area contributed by atoms with Crippen LogP contribution in [0.1, 0.15) is 92.6 Å². The second-order valence-electron chi connectivity index (χ2n) is 12.5. The van der Waals surface area contributed by atoms with Crippen molar-refractivity contribution < 1.29 is 14.3 Å². The highest BCUT2D eigenvalue weighted by Gasteiger charge is 2.38. The Balaban J connectivity index is 0.998. The van der Waals surface area contributed by atoms with Gasteiger partial charge in [-0.3, -0.25) is 9.59 Å². The van der Waals surface area contributed by atoms with Crippen LogP contribution in [0.15, 0.2) is 36.4 Å². The molecule has 0 bridgehead atoms. The van der Waals surface area contributed by atoms with Crippen LogP contribution in [0.25, 0.3) is 22.1 Å². The summed E-state index contributed by atoms with van der Waals surface area (Å²) in [6, 6.07) is 12.0. The van der Waals surface area contributed by atoms with Crippen LogP contribution in [0, 0.1) is 17.8 Å². The summed E-state index contributed by atoms with van der Waals surface area (Å²) < 4.78 is 5.67. The van der Waals surface area contributed by atoms with Gasteiger partial charge in [0, 0.05) is 36.7 Å². The van der Waals surface area contributed by atoms with Crippen LogP contribution in [0.2, 0.25) is 0 Å². The number of ether oxygens (including phenoxy) is 1. The number of aromatic nitrogens is 4. The largest absolute Gasteiger partial charge is 0.368 e. The van der Waals surface area contributed by atoms with Crippen LogP contribution >= 0.6 is 0 Å². The van der Waals surface area contributed by atoms with E-state index in [9.17, 15) is 9.59 Å². The lowest BCUT2D eigenvalue weighted by Crippen LogP contribution is -2.38. The number of likely N-dealkylation sites (tertiary alicyclic amines) is 2. The molecule has 3 atom stereocenters. The maximum Gasteiger partial charge on any atom is 0.252 e. The second kappa shape index (κ2) is 10.8. The van der Waals surface area contributed by atoms with Crippen molar-refractivity contribution in [3.63, 3.8) is 0 Å². The van der Waals surface area contributed by atoms with Crippen molar-refractivity contribution in [3.8, 4) is 11.8 Å². The number of H-pyrrole nitrogens is 2. The molecule has 8 rings (SSSR count). The Morgan fingerprint density at radius 1 is 0.721 bits per heavy atom. The summed E-state index contributed by atoms with van der Waals surface area (Å²) in [6.07, 6.45) is 8.49. The average molecular weight is 577 g/mol. The first-order valence-corrected chi connectivity index (χ1v) is 15.8. The number of carbonyl (C=O) groups is 2. The van der Waals surface area contributed by atoms with Crippen LogP contribution < -0.4 is 0 Å². The van der Waals surface area contributed by atoms with Crippen molar-refractivity contribution in [2.45, 2.75) is 76.0 Å². The van der Waals surface area contributed by atoms with Gasteiger partial charge in [-0.05, 0) is 87.8 Å². The lowest BCUT2D eigenvalue weighted by atomic mass is 9.84. The van der Waals surface area contributed by atoms with E-state index >= 15 is 0 Å². The van der Waals surface area contributed by atoms with Crippen molar-refractivity contribution in [1.82, 2.24) is 29.7 Å². The molecule has 4 aromatic rings. The molecule has 4 aliphatic rings. The van der Waals surface area contributed by atoms with Gasteiger partial charge in [0.25, 0.3) is 5.91 Å². The monoisotopic (exact) mass is 576 g/mol. The third-order valence-corrected chi connectivity index (χ3v) is 9.72. The van der Waals surface area contributed by atoms with Gasteiger partial charge in [-0.15, -0.1) is 0 Å². The summed E-state index contributed by atoms with van der Waals surface area (Å²) in [6.45, 7) is 2.24. The number of imidazole rings is 2. The summed E-state index contributed by atoms with van der Waals surface area (Å²) in [5, 5.41) is 0. The molecule has 0 unspecified atom stereocenters. The highest BCUT2D eigenvalue weighted by Crippen LogP contribution is 2.37. The summed E-state index contributed by atoms with van der Waals surface area (Å²) in [4.78, 5) is 46.7. The minimum Gasteiger partial charge on any atom is -0.368 e. The molecule has 2 aromatic heterocycles. The number of hydrogen-bond acceptors (Lipinski definition) is 5. The molecule has 0 radical (unpaired) electrons. The number of aromatic amines is 2. The van der Waals surface area contributed by atoms with E-state index in [2.05, 4.69) is 21.8 Å². The standard InChI is InChI=1S/C34H36N6O3/c41-33(23-5-1-6-23)39-16-2-7-28(39)31-35-24-14-12-21(19-26(24)37-31)10-11-22-13-15-25-27(20-22)38-32(36-25)29-8-3-17-40(29)34(42)30-9-4-18-43-30/h12-15,19-20,23,28-30H,1-9,16-18H2,(H,35,37)(H,36,38)/t28-,29-,30+/m0/s1. The minimum absolute atomic E-state index is 0.0333. The van der Waals surface area contributed by atoms with Crippen LogP contribution in [-0.4, -0.2) is 67.4 Å². The molecule has 5 heterocycles. The maximum atomic E-state index is 13.1. The van der Waals surface area contributed by atoms with E-state index in [1.54, 1.807) is 0 Å². The zero-order chi connectivity index (χ0) is 28.9. The Bertz CT molecular complexity index is 1770. The maximum absolute atomic E-state index is 13.1. The van der Waals surface area contributed by atoms with Crippen molar-refractivity contribution >= 4 is 33.9 Å². The lowest BCUT2D eigenvalue weighted by Gasteiger charge is -2.32. The van der Waals surface area contributed by atoms with E-state index in [1.807, 2.05) is 46.2 Å². The zero-order valence-electron chi connectivity index (χ0n) is 24.3. The quantitative estimate of drug-likeness (QED) is 0.327. The van der Waals surface area contributed by atoms with Crippen molar-refractivity contribution in [3.05, 3.63) is 59.2 Å². The number of carbonyl (C=O) groups excluding carboxylic acids is 2. The number of benzene rings is 2. The van der Waals surface area contributed by atoms with Crippen molar-refractivity contribution in [1.29, 1.82) is 0 Å². The highest BCUT2D eigenvalue weighted by molar-refractivity contribution is 5.83. The molecule has 2 amide bonds. The number of amides is 2. The molecule has 1 saturated carbocycles. The number of hydrogen-bond donors (Lipinski definition) is 2. The number of nitrogens with zero attached hydrogens (tertiary/aromatic N) is 4. The number of nitrogens with one attached hydrogen (secondary N) is 2.